The van der Waals surface area contributed by atoms with E-state index in [0.29, 0.717) is 10.6 Å². The summed E-state index contributed by atoms with van der Waals surface area (Å²) in [5, 5.41) is 55.6. The van der Waals surface area contributed by atoms with E-state index in [0.717, 1.165) is 0 Å². The molecule has 1 saturated carbocycles. The molecule has 7 N–H and O–H groups in total. The van der Waals surface area contributed by atoms with Crippen LogP contribution >= 0.6 is 11.6 Å². The summed E-state index contributed by atoms with van der Waals surface area (Å²) in [6.07, 6.45) is -0.773. The second-order valence-corrected chi connectivity index (χ2v) is 9.38. The van der Waals surface area contributed by atoms with Gasteiger partial charge in [0.05, 0.1) is 17.2 Å². The van der Waals surface area contributed by atoms with E-state index in [1.807, 2.05) is 0 Å². The molecule has 3 aliphatic carbocycles. The van der Waals surface area contributed by atoms with Gasteiger partial charge in [-0.1, -0.05) is 41.9 Å². The molecule has 2 aromatic carbocycles. The fraction of sp³-hybridized carbons (Fsp3) is 0.192. The van der Waals surface area contributed by atoms with Crippen LogP contribution in [-0.4, -0.2) is 54.7 Å². The largest absolute Gasteiger partial charge is 0.508 e. The Bertz CT molecular complexity index is 1470. The van der Waals surface area contributed by atoms with Crippen LogP contribution in [0.2, 0.25) is 5.02 Å². The highest BCUT2D eigenvalue weighted by molar-refractivity contribution is 6.32. The van der Waals surface area contributed by atoms with Crippen LogP contribution in [0.15, 0.2) is 59.4 Å². The SMILES string of the molecule is NC(=O)C1=C(O)C2(O)C(=O)C3=C(O)c4c(O)cccc4/C(=C\c4ccccc4Cl)C3C(O)C2CC1=O. The van der Waals surface area contributed by atoms with Crippen LogP contribution in [-0.2, 0) is 14.4 Å². The first-order chi connectivity index (χ1) is 17.0. The maximum Gasteiger partial charge on any atom is 0.255 e. The van der Waals surface area contributed by atoms with E-state index < -0.39 is 70.1 Å². The minimum absolute atomic E-state index is 0.130. The molecule has 4 atom stereocenters. The van der Waals surface area contributed by atoms with Crippen molar-refractivity contribution in [1.29, 1.82) is 0 Å². The normalized spacial score (nSPS) is 28.6. The number of aromatic hydroxyl groups is 1. The number of Topliss-reactive ketones (excluding diaryl/α,β-unsaturated/α-hetero) is 2. The fourth-order valence-electron chi connectivity index (χ4n) is 5.45. The monoisotopic (exact) mass is 509 g/mol. The lowest BCUT2D eigenvalue weighted by molar-refractivity contribution is -0.157. The van der Waals surface area contributed by atoms with Gasteiger partial charge in [-0.05, 0) is 34.9 Å². The van der Waals surface area contributed by atoms with Crippen LogP contribution in [0.5, 0.6) is 5.75 Å². The lowest BCUT2D eigenvalue weighted by atomic mass is 9.56. The maximum atomic E-state index is 13.8. The summed E-state index contributed by atoms with van der Waals surface area (Å²) in [4.78, 5) is 38.2. The summed E-state index contributed by atoms with van der Waals surface area (Å²) in [6, 6.07) is 11.1. The van der Waals surface area contributed by atoms with E-state index in [9.17, 15) is 39.9 Å². The Balaban J connectivity index is 1.83. The zero-order chi connectivity index (χ0) is 26.1. The fourth-order valence-corrected chi connectivity index (χ4v) is 5.64. The number of aliphatic hydroxyl groups is 4. The molecule has 0 bridgehead atoms. The highest BCUT2D eigenvalue weighted by Gasteiger charge is 2.64. The van der Waals surface area contributed by atoms with Gasteiger partial charge in [0, 0.05) is 23.3 Å². The van der Waals surface area contributed by atoms with Crippen molar-refractivity contribution in [3.05, 3.63) is 81.1 Å². The Kier molecular flexibility index (Phi) is 5.33. The number of amides is 1. The van der Waals surface area contributed by atoms with Crippen LogP contribution < -0.4 is 5.73 Å². The van der Waals surface area contributed by atoms with Crippen LogP contribution in [0, 0.1) is 11.8 Å². The molecule has 1 fully saturated rings. The number of phenols is 1. The van der Waals surface area contributed by atoms with Gasteiger partial charge in [-0.3, -0.25) is 14.4 Å². The molecule has 9 nitrogen and oxygen atoms in total. The average Bonchev–Trinajstić information content (AvgIpc) is 2.82. The second-order valence-electron chi connectivity index (χ2n) is 8.97. The van der Waals surface area contributed by atoms with Gasteiger partial charge in [-0.2, -0.15) is 0 Å². The number of phenolic OH excluding ortho intramolecular Hbond substituents is 1. The molecule has 3 aliphatic rings. The van der Waals surface area contributed by atoms with E-state index >= 15 is 0 Å². The standard InChI is InChI=1S/C26H20ClNO8/c27-14-6-2-1-4-10(14)8-12-11-5-3-7-15(29)17(11)22(32)20-18(12)21(31)13-9-16(30)19(25(28)35)23(33)26(13,36)24(20)34/h1-8,13,18,21,29,31-33,36H,9H2,(H2,28,35)/b12-8+. The van der Waals surface area contributed by atoms with Gasteiger partial charge in [0.15, 0.2) is 11.4 Å². The molecular weight excluding hydrogens is 490 g/mol. The van der Waals surface area contributed by atoms with Crippen LogP contribution in [0.4, 0.5) is 0 Å². The van der Waals surface area contributed by atoms with Crippen molar-refractivity contribution in [2.75, 3.05) is 0 Å². The molecule has 36 heavy (non-hydrogen) atoms. The van der Waals surface area contributed by atoms with Gasteiger partial charge in [0.2, 0.25) is 5.78 Å². The zero-order valence-electron chi connectivity index (χ0n) is 18.5. The number of aliphatic hydroxyl groups excluding tert-OH is 3. The van der Waals surface area contributed by atoms with Crippen molar-refractivity contribution in [2.24, 2.45) is 17.6 Å². The Hall–Kier alpha value is -3.92. The molecule has 0 aliphatic heterocycles. The number of hydrogen-bond acceptors (Lipinski definition) is 8. The number of carbonyl (C=O) groups is 3. The van der Waals surface area contributed by atoms with Gasteiger partial charge < -0.3 is 31.3 Å². The van der Waals surface area contributed by atoms with Crippen LogP contribution in [0.25, 0.3) is 17.4 Å². The molecule has 0 saturated heterocycles. The number of carbonyl (C=O) groups excluding carboxylic acids is 3. The lowest BCUT2D eigenvalue weighted by Crippen LogP contribution is -2.63. The predicted octanol–water partition coefficient (Wildman–Crippen LogP) is 2.05. The van der Waals surface area contributed by atoms with Crippen LogP contribution in [0.3, 0.4) is 0 Å². The van der Waals surface area contributed by atoms with Crippen molar-refractivity contribution >= 4 is 46.5 Å². The number of hydrogen-bond donors (Lipinski definition) is 6. The van der Waals surface area contributed by atoms with E-state index in [1.54, 1.807) is 36.4 Å². The Labute approximate surface area is 209 Å². The topological polar surface area (TPSA) is 178 Å². The zero-order valence-corrected chi connectivity index (χ0v) is 19.2. The number of benzene rings is 2. The third kappa shape index (κ3) is 3.07. The third-order valence-corrected chi connectivity index (χ3v) is 7.46. The Morgan fingerprint density at radius 2 is 1.78 bits per heavy atom. The first-order valence-corrected chi connectivity index (χ1v) is 11.3. The minimum atomic E-state index is -2.91. The summed E-state index contributed by atoms with van der Waals surface area (Å²) < 4.78 is 0. The number of ketones is 2. The summed E-state index contributed by atoms with van der Waals surface area (Å²) in [7, 11) is 0. The first kappa shape index (κ1) is 23.8. The number of rotatable bonds is 2. The summed E-state index contributed by atoms with van der Waals surface area (Å²) >= 11 is 6.34. The maximum absolute atomic E-state index is 13.8. The first-order valence-electron chi connectivity index (χ1n) is 10.9. The van der Waals surface area contributed by atoms with Crippen molar-refractivity contribution < 1.29 is 39.9 Å². The van der Waals surface area contributed by atoms with Gasteiger partial charge in [-0.25, -0.2) is 0 Å². The van der Waals surface area contributed by atoms with E-state index in [1.165, 1.54) is 12.1 Å². The van der Waals surface area contributed by atoms with Crippen molar-refractivity contribution in [3.8, 4) is 5.75 Å². The Morgan fingerprint density at radius 1 is 1.08 bits per heavy atom. The van der Waals surface area contributed by atoms with Gasteiger partial charge in [0.1, 0.15) is 22.8 Å². The molecule has 1 amide bonds. The number of halogens is 1. The molecule has 0 heterocycles. The highest BCUT2D eigenvalue weighted by Crippen LogP contribution is 2.55. The molecule has 5 rings (SSSR count). The summed E-state index contributed by atoms with van der Waals surface area (Å²) in [6.45, 7) is 0. The smallest absolute Gasteiger partial charge is 0.255 e. The van der Waals surface area contributed by atoms with Gasteiger partial charge >= 0.3 is 0 Å². The van der Waals surface area contributed by atoms with Crippen molar-refractivity contribution in [3.63, 3.8) is 0 Å². The predicted molar refractivity (Wildman–Crippen MR) is 128 cm³/mol. The van der Waals surface area contributed by atoms with Crippen molar-refractivity contribution in [2.45, 2.75) is 18.1 Å². The van der Waals surface area contributed by atoms with Crippen molar-refractivity contribution in [1.82, 2.24) is 0 Å². The molecule has 0 aromatic heterocycles. The van der Waals surface area contributed by atoms with E-state index in [4.69, 9.17) is 17.3 Å². The third-order valence-electron chi connectivity index (χ3n) is 7.12. The molecule has 184 valence electrons. The average molecular weight is 510 g/mol. The number of primary amides is 1. The lowest BCUT2D eigenvalue weighted by Gasteiger charge is -2.49. The number of fused-ring (bicyclic) bond motifs is 3. The summed E-state index contributed by atoms with van der Waals surface area (Å²) in [5.74, 6) is -8.73. The van der Waals surface area contributed by atoms with E-state index in [-0.39, 0.29) is 22.4 Å². The molecule has 0 radical (unpaired) electrons. The molecule has 10 heteroatoms. The van der Waals surface area contributed by atoms with Crippen LogP contribution in [0.1, 0.15) is 23.1 Å². The molecular formula is C26H20ClNO8. The quantitative estimate of drug-likeness (QED) is 0.333. The summed E-state index contributed by atoms with van der Waals surface area (Å²) in [5.41, 5.74) is 1.78. The molecule has 0 spiro atoms. The minimum Gasteiger partial charge on any atom is -0.508 e. The van der Waals surface area contributed by atoms with E-state index in [2.05, 4.69) is 0 Å². The Morgan fingerprint density at radius 3 is 2.44 bits per heavy atom. The second kappa shape index (κ2) is 8.06. The molecule has 4 unspecified atom stereocenters. The van der Waals surface area contributed by atoms with Gasteiger partial charge in [-0.15, -0.1) is 0 Å². The highest BCUT2D eigenvalue weighted by atomic mass is 35.5. The number of nitrogens with two attached hydrogens (primary N) is 1. The molecule has 2 aromatic rings. The van der Waals surface area contributed by atoms with Gasteiger partial charge in [0.25, 0.3) is 5.91 Å².